The summed E-state index contributed by atoms with van der Waals surface area (Å²) >= 11 is 0. The Hall–Kier alpha value is -1.42. The molecule has 1 aromatic carbocycles. The zero-order valence-corrected chi connectivity index (χ0v) is 12.7. The Morgan fingerprint density at radius 1 is 1.33 bits per heavy atom. The van der Waals surface area contributed by atoms with Crippen LogP contribution in [0.5, 0.6) is 0 Å². The molecule has 1 atom stereocenters. The normalized spacial score (nSPS) is 16.9. The SMILES string of the molecule is CC(N)CC(=O)N(CCc1ccc(F)cc1)C1CCCC1. The zero-order valence-electron chi connectivity index (χ0n) is 12.7. The van der Waals surface area contributed by atoms with E-state index in [1.165, 1.54) is 25.0 Å². The maximum absolute atomic E-state index is 12.9. The van der Waals surface area contributed by atoms with E-state index >= 15 is 0 Å². The third-order valence-corrected chi connectivity index (χ3v) is 4.14. The zero-order chi connectivity index (χ0) is 15.2. The van der Waals surface area contributed by atoms with Crippen molar-refractivity contribution in [3.05, 3.63) is 35.6 Å². The molecule has 4 heteroatoms. The number of carbonyl (C=O) groups is 1. The Labute approximate surface area is 126 Å². The molecule has 0 aromatic heterocycles. The summed E-state index contributed by atoms with van der Waals surface area (Å²) in [5.74, 6) is -0.0709. The molecule has 1 aliphatic rings. The van der Waals surface area contributed by atoms with Crippen LogP contribution in [0.4, 0.5) is 4.39 Å². The third kappa shape index (κ3) is 4.81. The quantitative estimate of drug-likeness (QED) is 0.876. The average molecular weight is 292 g/mol. The summed E-state index contributed by atoms with van der Waals surface area (Å²) in [5, 5.41) is 0. The van der Waals surface area contributed by atoms with Crippen molar-refractivity contribution in [1.82, 2.24) is 4.90 Å². The summed E-state index contributed by atoms with van der Waals surface area (Å²) in [6.07, 6.45) is 5.75. The van der Waals surface area contributed by atoms with Gasteiger partial charge in [0.05, 0.1) is 0 Å². The van der Waals surface area contributed by atoms with Crippen molar-refractivity contribution in [3.8, 4) is 0 Å². The number of hydrogen-bond acceptors (Lipinski definition) is 2. The van der Waals surface area contributed by atoms with Gasteiger partial charge in [0.1, 0.15) is 5.82 Å². The number of nitrogens with zero attached hydrogens (tertiary/aromatic N) is 1. The van der Waals surface area contributed by atoms with Gasteiger partial charge in [0.25, 0.3) is 0 Å². The van der Waals surface area contributed by atoms with E-state index in [4.69, 9.17) is 5.73 Å². The maximum Gasteiger partial charge on any atom is 0.224 e. The Morgan fingerprint density at radius 2 is 1.95 bits per heavy atom. The third-order valence-electron chi connectivity index (χ3n) is 4.14. The van der Waals surface area contributed by atoms with Crippen LogP contribution < -0.4 is 5.73 Å². The van der Waals surface area contributed by atoms with Crippen LogP contribution in [-0.2, 0) is 11.2 Å². The molecule has 1 fully saturated rings. The smallest absolute Gasteiger partial charge is 0.224 e. The summed E-state index contributed by atoms with van der Waals surface area (Å²) in [7, 11) is 0. The summed E-state index contributed by atoms with van der Waals surface area (Å²) in [4.78, 5) is 14.4. The highest BCUT2D eigenvalue weighted by Crippen LogP contribution is 2.24. The lowest BCUT2D eigenvalue weighted by atomic mass is 10.1. The van der Waals surface area contributed by atoms with Crippen LogP contribution in [0.2, 0.25) is 0 Å². The lowest BCUT2D eigenvalue weighted by molar-refractivity contribution is -0.133. The van der Waals surface area contributed by atoms with Gasteiger partial charge in [-0.3, -0.25) is 4.79 Å². The van der Waals surface area contributed by atoms with Gasteiger partial charge >= 0.3 is 0 Å². The summed E-state index contributed by atoms with van der Waals surface area (Å²) in [5.41, 5.74) is 6.83. The fraction of sp³-hybridized carbons (Fsp3) is 0.588. The van der Waals surface area contributed by atoms with Crippen molar-refractivity contribution in [1.29, 1.82) is 0 Å². The number of halogens is 1. The van der Waals surface area contributed by atoms with Crippen molar-refractivity contribution >= 4 is 5.91 Å². The molecule has 3 nitrogen and oxygen atoms in total. The molecule has 21 heavy (non-hydrogen) atoms. The van der Waals surface area contributed by atoms with E-state index < -0.39 is 0 Å². The van der Waals surface area contributed by atoms with Gasteiger partial charge in [0, 0.05) is 25.0 Å². The minimum absolute atomic E-state index is 0.104. The molecule has 0 aliphatic heterocycles. The van der Waals surface area contributed by atoms with Crippen molar-refractivity contribution < 1.29 is 9.18 Å². The minimum atomic E-state index is -0.223. The second-order valence-corrected chi connectivity index (χ2v) is 6.08. The summed E-state index contributed by atoms with van der Waals surface area (Å²) < 4.78 is 12.9. The lowest BCUT2D eigenvalue weighted by Gasteiger charge is -2.30. The molecule has 0 radical (unpaired) electrons. The van der Waals surface area contributed by atoms with Crippen molar-refractivity contribution in [2.75, 3.05) is 6.54 Å². The van der Waals surface area contributed by atoms with Crippen LogP contribution in [0.3, 0.4) is 0 Å². The van der Waals surface area contributed by atoms with Crippen LogP contribution in [0.15, 0.2) is 24.3 Å². The first-order valence-electron chi connectivity index (χ1n) is 7.86. The van der Waals surface area contributed by atoms with E-state index in [0.29, 0.717) is 19.0 Å². The fourth-order valence-corrected chi connectivity index (χ4v) is 3.02. The second-order valence-electron chi connectivity index (χ2n) is 6.08. The molecule has 1 amide bonds. The molecule has 0 bridgehead atoms. The maximum atomic E-state index is 12.9. The molecule has 2 N–H and O–H groups in total. The van der Waals surface area contributed by atoms with Gasteiger partial charge in [-0.25, -0.2) is 4.39 Å². The first-order valence-corrected chi connectivity index (χ1v) is 7.86. The Morgan fingerprint density at radius 3 is 2.52 bits per heavy atom. The monoisotopic (exact) mass is 292 g/mol. The molecule has 1 aliphatic carbocycles. The Bertz CT molecular complexity index is 452. The Kier molecular flexibility index (Phi) is 5.74. The highest BCUT2D eigenvalue weighted by molar-refractivity contribution is 5.77. The van der Waals surface area contributed by atoms with Crippen LogP contribution in [0, 0.1) is 5.82 Å². The molecule has 1 aromatic rings. The van der Waals surface area contributed by atoms with Gasteiger partial charge in [-0.05, 0) is 43.9 Å². The molecular weight excluding hydrogens is 267 g/mol. The van der Waals surface area contributed by atoms with Crippen molar-refractivity contribution in [2.24, 2.45) is 5.73 Å². The van der Waals surface area contributed by atoms with Gasteiger partial charge in [-0.2, -0.15) is 0 Å². The number of hydrogen-bond donors (Lipinski definition) is 1. The number of benzene rings is 1. The van der Waals surface area contributed by atoms with Gasteiger partial charge in [-0.15, -0.1) is 0 Å². The van der Waals surface area contributed by atoms with Crippen molar-refractivity contribution in [3.63, 3.8) is 0 Å². The highest BCUT2D eigenvalue weighted by atomic mass is 19.1. The number of rotatable bonds is 6. The van der Waals surface area contributed by atoms with E-state index in [9.17, 15) is 9.18 Å². The van der Waals surface area contributed by atoms with Gasteiger partial charge in [-0.1, -0.05) is 25.0 Å². The van der Waals surface area contributed by atoms with Crippen LogP contribution in [0.1, 0.15) is 44.6 Å². The molecule has 1 saturated carbocycles. The van der Waals surface area contributed by atoms with Crippen LogP contribution >= 0.6 is 0 Å². The molecule has 1 unspecified atom stereocenters. The number of nitrogens with two attached hydrogens (primary N) is 1. The first kappa shape index (κ1) is 16.0. The number of amides is 1. The van der Waals surface area contributed by atoms with Gasteiger partial charge in [0.15, 0.2) is 0 Å². The van der Waals surface area contributed by atoms with E-state index in [2.05, 4.69) is 0 Å². The van der Waals surface area contributed by atoms with E-state index in [-0.39, 0.29) is 17.8 Å². The van der Waals surface area contributed by atoms with Crippen LogP contribution in [0.25, 0.3) is 0 Å². The topological polar surface area (TPSA) is 46.3 Å². The second kappa shape index (κ2) is 7.55. The van der Waals surface area contributed by atoms with E-state index in [1.54, 1.807) is 12.1 Å². The Balaban J connectivity index is 1.97. The van der Waals surface area contributed by atoms with Gasteiger partial charge in [0.2, 0.25) is 5.91 Å². The highest BCUT2D eigenvalue weighted by Gasteiger charge is 2.26. The van der Waals surface area contributed by atoms with E-state index in [0.717, 1.165) is 24.8 Å². The summed E-state index contributed by atoms with van der Waals surface area (Å²) in [6.45, 7) is 2.56. The molecule has 0 saturated heterocycles. The standard InChI is InChI=1S/C17H25FN2O/c1-13(19)12-17(21)20(16-4-2-3-5-16)11-10-14-6-8-15(18)9-7-14/h6-9,13,16H,2-5,10-12,19H2,1H3. The largest absolute Gasteiger partial charge is 0.339 e. The lowest BCUT2D eigenvalue weighted by Crippen LogP contribution is -2.42. The van der Waals surface area contributed by atoms with Gasteiger partial charge < -0.3 is 10.6 Å². The predicted octanol–water partition coefficient (Wildman–Crippen LogP) is 2.88. The molecular formula is C17H25FN2O. The fourth-order valence-electron chi connectivity index (χ4n) is 3.02. The van der Waals surface area contributed by atoms with Crippen molar-refractivity contribution in [2.45, 2.75) is 57.5 Å². The average Bonchev–Trinajstić information content (AvgIpc) is 2.94. The summed E-state index contributed by atoms with van der Waals surface area (Å²) in [6, 6.07) is 6.78. The molecule has 116 valence electrons. The number of carbonyl (C=O) groups excluding carboxylic acids is 1. The van der Waals surface area contributed by atoms with Crippen LogP contribution in [-0.4, -0.2) is 29.4 Å². The minimum Gasteiger partial charge on any atom is -0.339 e. The predicted molar refractivity (Wildman–Crippen MR) is 82.3 cm³/mol. The van der Waals surface area contributed by atoms with E-state index in [1.807, 2.05) is 11.8 Å². The first-order chi connectivity index (χ1) is 10.1. The molecule has 0 heterocycles. The molecule has 0 spiro atoms. The molecule has 2 rings (SSSR count).